The molecule has 1 saturated carbocycles. The molecule has 2 nitrogen and oxygen atoms in total. The van der Waals surface area contributed by atoms with E-state index in [-0.39, 0.29) is 5.92 Å². The third kappa shape index (κ3) is 2.07. The average molecular weight is 271 g/mol. The molecule has 17 heavy (non-hydrogen) atoms. The molecule has 90 valence electrons. The Morgan fingerprint density at radius 1 is 1.47 bits per heavy atom. The lowest BCUT2D eigenvalue weighted by Crippen LogP contribution is -2.13. The number of carboxylic acids is 1. The van der Waals surface area contributed by atoms with Gasteiger partial charge in [0.1, 0.15) is 0 Å². The van der Waals surface area contributed by atoms with Crippen molar-refractivity contribution in [2.45, 2.75) is 13.3 Å². The number of benzene rings is 1. The monoisotopic (exact) mass is 270 g/mol. The first-order chi connectivity index (χ1) is 7.86. The zero-order chi connectivity index (χ0) is 12.8. The first-order valence-corrected chi connectivity index (χ1v) is 5.99. The quantitative estimate of drug-likeness (QED) is 0.897. The Morgan fingerprint density at radius 2 is 2.12 bits per heavy atom. The summed E-state index contributed by atoms with van der Waals surface area (Å²) in [6.07, 6.45) is 0.626. The summed E-state index contributed by atoms with van der Waals surface area (Å²) >= 11 is 11.8. The van der Waals surface area contributed by atoms with Gasteiger partial charge in [-0.05, 0) is 36.6 Å². The van der Waals surface area contributed by atoms with Gasteiger partial charge in [-0.1, -0.05) is 35.8 Å². The molecule has 2 atom stereocenters. The van der Waals surface area contributed by atoms with Gasteiger partial charge in [-0.2, -0.15) is 0 Å². The smallest absolute Gasteiger partial charge is 0.309 e. The van der Waals surface area contributed by atoms with Crippen LogP contribution >= 0.6 is 23.2 Å². The molecule has 1 aromatic carbocycles. The van der Waals surface area contributed by atoms with Crippen LogP contribution in [-0.2, 0) is 4.79 Å². The van der Waals surface area contributed by atoms with Crippen molar-refractivity contribution in [1.29, 1.82) is 0 Å². The molecule has 0 saturated heterocycles. The van der Waals surface area contributed by atoms with Gasteiger partial charge in [-0.3, -0.25) is 4.79 Å². The fourth-order valence-electron chi connectivity index (χ4n) is 2.01. The number of carbonyl (C=O) groups is 1. The van der Waals surface area contributed by atoms with E-state index in [2.05, 4.69) is 6.58 Å². The van der Waals surface area contributed by atoms with Crippen molar-refractivity contribution >= 4 is 34.7 Å². The Balaban J connectivity index is 2.23. The van der Waals surface area contributed by atoms with Gasteiger partial charge in [-0.25, -0.2) is 0 Å². The largest absolute Gasteiger partial charge is 0.481 e. The Morgan fingerprint density at radius 3 is 2.59 bits per heavy atom. The highest BCUT2D eigenvalue weighted by Crippen LogP contribution is 2.58. The van der Waals surface area contributed by atoms with E-state index in [1.165, 1.54) is 0 Å². The number of halogens is 2. The number of hydrogen-bond acceptors (Lipinski definition) is 1. The van der Waals surface area contributed by atoms with Crippen LogP contribution in [0.15, 0.2) is 24.8 Å². The van der Waals surface area contributed by atoms with Crippen LogP contribution in [0.25, 0.3) is 5.57 Å². The summed E-state index contributed by atoms with van der Waals surface area (Å²) in [6, 6.07) is 5.24. The van der Waals surface area contributed by atoms with Crippen LogP contribution < -0.4 is 0 Å². The summed E-state index contributed by atoms with van der Waals surface area (Å²) in [6.45, 7) is 5.71. The van der Waals surface area contributed by atoms with Crippen LogP contribution in [0.3, 0.4) is 0 Å². The fourth-order valence-corrected chi connectivity index (χ4v) is 2.30. The minimum Gasteiger partial charge on any atom is -0.481 e. The summed E-state index contributed by atoms with van der Waals surface area (Å²) in [5.74, 6) is -0.791. The van der Waals surface area contributed by atoms with E-state index < -0.39 is 11.4 Å². The van der Waals surface area contributed by atoms with Crippen LogP contribution in [0.1, 0.15) is 18.9 Å². The molecule has 1 fully saturated rings. The highest BCUT2D eigenvalue weighted by atomic mass is 35.5. The van der Waals surface area contributed by atoms with Crippen LogP contribution in [-0.4, -0.2) is 11.1 Å². The lowest BCUT2D eigenvalue weighted by Gasteiger charge is -2.09. The molecule has 0 amide bonds. The molecule has 0 radical (unpaired) electrons. The van der Waals surface area contributed by atoms with E-state index in [4.69, 9.17) is 28.3 Å². The summed E-state index contributed by atoms with van der Waals surface area (Å²) in [7, 11) is 0. The number of allylic oxidation sites excluding steroid dienone is 1. The summed E-state index contributed by atoms with van der Waals surface area (Å²) in [5.41, 5.74) is 0.992. The predicted octanol–water partition coefficient (Wildman–Crippen LogP) is 4.12. The number of aliphatic carboxylic acids is 1. The lowest BCUT2D eigenvalue weighted by atomic mass is 9.97. The van der Waals surface area contributed by atoms with Gasteiger partial charge in [0, 0.05) is 5.92 Å². The van der Waals surface area contributed by atoms with Crippen LogP contribution in [0, 0.1) is 11.3 Å². The third-order valence-corrected chi connectivity index (χ3v) is 4.18. The molecule has 0 aliphatic heterocycles. The first-order valence-electron chi connectivity index (χ1n) is 5.24. The van der Waals surface area contributed by atoms with Crippen molar-refractivity contribution in [2.24, 2.45) is 11.3 Å². The van der Waals surface area contributed by atoms with Gasteiger partial charge in [0.2, 0.25) is 0 Å². The standard InChI is InChI=1S/C13H12Cl2O2/c1-7(9-6-13(9,2)12(16)17)8-3-4-10(14)11(15)5-8/h3-5,9H,1,6H2,2H3,(H,16,17). The number of hydrogen-bond donors (Lipinski definition) is 1. The van der Waals surface area contributed by atoms with Gasteiger partial charge in [0.05, 0.1) is 15.5 Å². The van der Waals surface area contributed by atoms with Crippen molar-refractivity contribution < 1.29 is 9.90 Å². The lowest BCUT2D eigenvalue weighted by molar-refractivity contribution is -0.142. The summed E-state index contributed by atoms with van der Waals surface area (Å²) in [5, 5.41) is 10.0. The Bertz CT molecular complexity index is 510. The molecule has 2 unspecified atom stereocenters. The van der Waals surface area contributed by atoms with Crippen molar-refractivity contribution in [3.05, 3.63) is 40.4 Å². The summed E-state index contributed by atoms with van der Waals surface area (Å²) < 4.78 is 0. The second-order valence-electron chi connectivity index (χ2n) is 4.63. The Kier molecular flexibility index (Phi) is 2.96. The van der Waals surface area contributed by atoms with Crippen molar-refractivity contribution in [1.82, 2.24) is 0 Å². The maximum atomic E-state index is 11.1. The molecule has 2 rings (SSSR count). The Labute approximate surface area is 110 Å². The minimum atomic E-state index is -0.774. The fraction of sp³-hybridized carbons (Fsp3) is 0.308. The molecule has 1 aromatic rings. The van der Waals surface area contributed by atoms with Crippen molar-refractivity contribution in [3.63, 3.8) is 0 Å². The normalized spacial score (nSPS) is 26.6. The van der Waals surface area contributed by atoms with Gasteiger partial charge in [-0.15, -0.1) is 0 Å². The Hall–Kier alpha value is -0.990. The SMILES string of the molecule is C=C(c1ccc(Cl)c(Cl)c1)C1CC1(C)C(=O)O. The molecular formula is C13H12Cl2O2. The topological polar surface area (TPSA) is 37.3 Å². The molecule has 4 heteroatoms. The highest BCUT2D eigenvalue weighted by molar-refractivity contribution is 6.42. The second-order valence-corrected chi connectivity index (χ2v) is 5.45. The highest BCUT2D eigenvalue weighted by Gasteiger charge is 2.57. The van der Waals surface area contributed by atoms with E-state index in [1.54, 1.807) is 19.1 Å². The van der Waals surface area contributed by atoms with E-state index >= 15 is 0 Å². The summed E-state index contributed by atoms with van der Waals surface area (Å²) in [4.78, 5) is 11.1. The van der Waals surface area contributed by atoms with Crippen LogP contribution in [0.4, 0.5) is 0 Å². The second kappa shape index (κ2) is 4.04. The first kappa shape index (κ1) is 12.5. The van der Waals surface area contributed by atoms with E-state index in [0.29, 0.717) is 16.5 Å². The van der Waals surface area contributed by atoms with E-state index in [9.17, 15) is 4.79 Å². The minimum absolute atomic E-state index is 0.0164. The maximum Gasteiger partial charge on any atom is 0.309 e. The zero-order valence-corrected chi connectivity index (χ0v) is 10.8. The van der Waals surface area contributed by atoms with Gasteiger partial charge < -0.3 is 5.11 Å². The molecule has 0 spiro atoms. The van der Waals surface area contributed by atoms with Gasteiger partial charge in [0.15, 0.2) is 0 Å². The molecule has 0 heterocycles. The van der Waals surface area contributed by atoms with Crippen LogP contribution in [0.5, 0.6) is 0 Å². The van der Waals surface area contributed by atoms with Gasteiger partial charge in [0.25, 0.3) is 0 Å². The van der Waals surface area contributed by atoms with Gasteiger partial charge >= 0.3 is 5.97 Å². The molecule has 1 aliphatic carbocycles. The predicted molar refractivity (Wildman–Crippen MR) is 69.3 cm³/mol. The molecular weight excluding hydrogens is 259 g/mol. The molecule has 0 aromatic heterocycles. The van der Waals surface area contributed by atoms with Crippen molar-refractivity contribution in [2.75, 3.05) is 0 Å². The zero-order valence-electron chi connectivity index (χ0n) is 9.34. The maximum absolute atomic E-state index is 11.1. The van der Waals surface area contributed by atoms with Crippen molar-refractivity contribution in [3.8, 4) is 0 Å². The molecule has 1 N–H and O–H groups in total. The van der Waals surface area contributed by atoms with E-state index in [0.717, 1.165) is 11.1 Å². The molecule has 0 bridgehead atoms. The number of rotatable bonds is 3. The van der Waals surface area contributed by atoms with E-state index in [1.807, 2.05) is 6.07 Å². The molecule has 1 aliphatic rings. The van der Waals surface area contributed by atoms with Crippen LogP contribution in [0.2, 0.25) is 10.0 Å². The number of carboxylic acid groups (broad SMARTS) is 1. The average Bonchev–Trinajstić information content (AvgIpc) is 2.95. The third-order valence-electron chi connectivity index (χ3n) is 3.44.